The maximum absolute atomic E-state index is 6.09. The van der Waals surface area contributed by atoms with Crippen LogP contribution in [0.5, 0.6) is 0 Å². The average Bonchev–Trinajstić information content (AvgIpc) is 3.04. The lowest BCUT2D eigenvalue weighted by atomic mass is 9.80. The molecule has 0 radical (unpaired) electrons. The Balaban J connectivity index is 1.75. The largest absolute Gasteiger partial charge is 0.378 e. The Morgan fingerprint density at radius 3 is 2.77 bits per heavy atom. The molecular formula is C19H20ClNO. The van der Waals surface area contributed by atoms with Crippen LogP contribution in [0.3, 0.4) is 0 Å². The van der Waals surface area contributed by atoms with E-state index >= 15 is 0 Å². The van der Waals surface area contributed by atoms with Crippen LogP contribution in [-0.4, -0.2) is 6.61 Å². The minimum absolute atomic E-state index is 0.212. The van der Waals surface area contributed by atoms with Crippen molar-refractivity contribution in [2.45, 2.75) is 31.9 Å². The van der Waals surface area contributed by atoms with Gasteiger partial charge in [0.15, 0.2) is 0 Å². The van der Waals surface area contributed by atoms with Gasteiger partial charge >= 0.3 is 0 Å². The third-order valence-electron chi connectivity index (χ3n) is 4.94. The highest BCUT2D eigenvalue weighted by atomic mass is 35.5. The highest BCUT2D eigenvalue weighted by Crippen LogP contribution is 2.50. The molecule has 2 nitrogen and oxygen atoms in total. The van der Waals surface area contributed by atoms with E-state index in [4.69, 9.17) is 16.3 Å². The molecule has 2 heterocycles. The van der Waals surface area contributed by atoms with Gasteiger partial charge in [0.1, 0.15) is 0 Å². The van der Waals surface area contributed by atoms with Gasteiger partial charge in [-0.25, -0.2) is 0 Å². The summed E-state index contributed by atoms with van der Waals surface area (Å²) in [7, 11) is 0. The molecule has 0 spiro atoms. The molecule has 2 aromatic carbocycles. The van der Waals surface area contributed by atoms with Gasteiger partial charge in [0.05, 0.1) is 12.1 Å². The molecule has 0 unspecified atom stereocenters. The van der Waals surface area contributed by atoms with Crippen LogP contribution in [0.25, 0.3) is 0 Å². The zero-order valence-electron chi connectivity index (χ0n) is 12.7. The summed E-state index contributed by atoms with van der Waals surface area (Å²) in [5, 5.41) is 4.52. The molecule has 0 amide bonds. The van der Waals surface area contributed by atoms with Gasteiger partial charge in [-0.1, -0.05) is 42.8 Å². The molecule has 0 aliphatic carbocycles. The zero-order valence-corrected chi connectivity index (χ0v) is 13.4. The molecule has 1 fully saturated rings. The first kappa shape index (κ1) is 14.1. The predicted octanol–water partition coefficient (Wildman–Crippen LogP) is 5.15. The summed E-state index contributed by atoms with van der Waals surface area (Å²) in [5.41, 5.74) is 5.20. The van der Waals surface area contributed by atoms with Crippen LogP contribution >= 0.6 is 11.6 Å². The molecule has 0 saturated carbocycles. The second-order valence-corrected chi connectivity index (χ2v) is 6.63. The number of halogens is 1. The molecule has 1 N–H and O–H groups in total. The Labute approximate surface area is 136 Å². The second-order valence-electron chi connectivity index (χ2n) is 6.19. The first-order valence-corrected chi connectivity index (χ1v) is 8.40. The fourth-order valence-electron chi connectivity index (χ4n) is 3.74. The van der Waals surface area contributed by atoms with E-state index in [2.05, 4.69) is 42.6 Å². The Morgan fingerprint density at radius 1 is 1.18 bits per heavy atom. The van der Waals surface area contributed by atoms with Gasteiger partial charge in [-0.2, -0.15) is 0 Å². The molecule has 114 valence electrons. The van der Waals surface area contributed by atoms with Gasteiger partial charge in [-0.05, 0) is 42.2 Å². The van der Waals surface area contributed by atoms with Crippen molar-refractivity contribution >= 4 is 17.3 Å². The van der Waals surface area contributed by atoms with E-state index in [0.29, 0.717) is 12.0 Å². The third kappa shape index (κ3) is 2.31. The molecule has 3 atom stereocenters. The summed E-state index contributed by atoms with van der Waals surface area (Å²) in [6.07, 6.45) is 2.37. The summed E-state index contributed by atoms with van der Waals surface area (Å²) in [6, 6.07) is 15.2. The standard InChI is InChI=1S/C19H20ClNO/c1-2-12-3-8-17-16(11-12)19-15(9-10-22-19)18(21-17)13-4-6-14(20)7-5-13/h3-8,11,15,18-19,21H,2,9-10H2,1H3/t15-,18+,19-/m0/s1. The van der Waals surface area contributed by atoms with Gasteiger partial charge in [0.25, 0.3) is 0 Å². The first-order valence-electron chi connectivity index (χ1n) is 8.02. The summed E-state index contributed by atoms with van der Waals surface area (Å²) in [5.74, 6) is 0.487. The van der Waals surface area contributed by atoms with Crippen molar-refractivity contribution in [3.8, 4) is 0 Å². The van der Waals surface area contributed by atoms with E-state index in [-0.39, 0.29) is 6.10 Å². The van der Waals surface area contributed by atoms with Crippen molar-refractivity contribution in [1.82, 2.24) is 0 Å². The maximum atomic E-state index is 6.09. The van der Waals surface area contributed by atoms with Crippen LogP contribution in [0, 0.1) is 5.92 Å². The number of hydrogen-bond acceptors (Lipinski definition) is 2. The number of hydrogen-bond donors (Lipinski definition) is 1. The number of rotatable bonds is 2. The van der Waals surface area contributed by atoms with E-state index in [1.54, 1.807) is 0 Å². The molecule has 2 aliphatic heterocycles. The van der Waals surface area contributed by atoms with Crippen molar-refractivity contribution in [1.29, 1.82) is 0 Å². The summed E-state index contributed by atoms with van der Waals surface area (Å²) in [6.45, 7) is 3.04. The molecule has 1 saturated heterocycles. The smallest absolute Gasteiger partial charge is 0.0896 e. The Kier molecular flexibility index (Phi) is 3.59. The van der Waals surface area contributed by atoms with Gasteiger partial charge in [-0.3, -0.25) is 0 Å². The molecule has 2 aliphatic rings. The van der Waals surface area contributed by atoms with Crippen LogP contribution in [-0.2, 0) is 11.2 Å². The quantitative estimate of drug-likeness (QED) is 0.828. The number of ether oxygens (including phenoxy) is 1. The van der Waals surface area contributed by atoms with Gasteiger partial charge < -0.3 is 10.1 Å². The topological polar surface area (TPSA) is 21.3 Å². The van der Waals surface area contributed by atoms with E-state index in [1.165, 1.54) is 22.4 Å². The van der Waals surface area contributed by atoms with Crippen LogP contribution in [0.1, 0.15) is 42.2 Å². The number of nitrogens with one attached hydrogen (secondary N) is 1. The fourth-order valence-corrected chi connectivity index (χ4v) is 3.87. The Morgan fingerprint density at radius 2 is 2.00 bits per heavy atom. The highest BCUT2D eigenvalue weighted by Gasteiger charge is 2.41. The first-order chi connectivity index (χ1) is 10.8. The molecule has 4 rings (SSSR count). The molecular weight excluding hydrogens is 294 g/mol. The van der Waals surface area contributed by atoms with Crippen LogP contribution < -0.4 is 5.32 Å². The van der Waals surface area contributed by atoms with E-state index in [1.807, 2.05) is 12.1 Å². The minimum Gasteiger partial charge on any atom is -0.378 e. The van der Waals surface area contributed by atoms with Crippen LogP contribution in [0.4, 0.5) is 5.69 Å². The molecule has 22 heavy (non-hydrogen) atoms. The van der Waals surface area contributed by atoms with Gasteiger partial charge in [0, 0.05) is 28.8 Å². The fraction of sp³-hybridized carbons (Fsp3) is 0.368. The van der Waals surface area contributed by atoms with Crippen molar-refractivity contribution in [2.24, 2.45) is 5.92 Å². The molecule has 0 bridgehead atoms. The monoisotopic (exact) mass is 313 g/mol. The van der Waals surface area contributed by atoms with Crippen molar-refractivity contribution in [3.63, 3.8) is 0 Å². The highest BCUT2D eigenvalue weighted by molar-refractivity contribution is 6.30. The number of fused-ring (bicyclic) bond motifs is 3. The lowest BCUT2D eigenvalue weighted by Gasteiger charge is -2.36. The molecule has 0 aromatic heterocycles. The number of anilines is 1. The summed E-state index contributed by atoms with van der Waals surface area (Å²) < 4.78 is 6.09. The number of benzene rings is 2. The van der Waals surface area contributed by atoms with Gasteiger partial charge in [0.2, 0.25) is 0 Å². The predicted molar refractivity (Wildman–Crippen MR) is 90.4 cm³/mol. The van der Waals surface area contributed by atoms with E-state index < -0.39 is 0 Å². The molecule has 2 aromatic rings. The Bertz CT molecular complexity index is 682. The SMILES string of the molecule is CCc1ccc2c(c1)[C@H]1OCC[C@H]1[C@@H](c1ccc(Cl)cc1)N2. The van der Waals surface area contributed by atoms with Gasteiger partial charge in [-0.15, -0.1) is 0 Å². The normalized spacial score (nSPS) is 26.2. The lowest BCUT2D eigenvalue weighted by Crippen LogP contribution is -2.29. The van der Waals surface area contributed by atoms with Crippen LogP contribution in [0.15, 0.2) is 42.5 Å². The van der Waals surface area contributed by atoms with Crippen molar-refractivity contribution in [3.05, 3.63) is 64.2 Å². The second kappa shape index (κ2) is 5.60. The van der Waals surface area contributed by atoms with E-state index in [0.717, 1.165) is 24.5 Å². The third-order valence-corrected chi connectivity index (χ3v) is 5.19. The van der Waals surface area contributed by atoms with Crippen molar-refractivity contribution < 1.29 is 4.74 Å². The minimum atomic E-state index is 0.212. The Hall–Kier alpha value is -1.51. The van der Waals surface area contributed by atoms with E-state index in [9.17, 15) is 0 Å². The van der Waals surface area contributed by atoms with Crippen molar-refractivity contribution in [2.75, 3.05) is 11.9 Å². The maximum Gasteiger partial charge on any atom is 0.0896 e. The number of aryl methyl sites for hydroxylation is 1. The average molecular weight is 314 g/mol. The van der Waals surface area contributed by atoms with Crippen LogP contribution in [0.2, 0.25) is 5.02 Å². The molecule has 3 heteroatoms. The lowest BCUT2D eigenvalue weighted by molar-refractivity contribution is 0.0829. The summed E-state index contributed by atoms with van der Waals surface area (Å²) >= 11 is 6.03. The zero-order chi connectivity index (χ0) is 15.1. The summed E-state index contributed by atoms with van der Waals surface area (Å²) in [4.78, 5) is 0.